The van der Waals surface area contributed by atoms with Crippen molar-refractivity contribution < 1.29 is 18.0 Å². The summed E-state index contributed by atoms with van der Waals surface area (Å²) in [5.74, 6) is -0.444. The van der Waals surface area contributed by atoms with Crippen LogP contribution in [0.2, 0.25) is 0 Å². The molecule has 32 heavy (non-hydrogen) atoms. The first-order valence-electron chi connectivity index (χ1n) is 10.2. The molecular weight excluding hydrogens is 426 g/mol. The van der Waals surface area contributed by atoms with E-state index in [1.54, 1.807) is 41.3 Å². The molecule has 1 heterocycles. The van der Waals surface area contributed by atoms with E-state index in [-0.39, 0.29) is 16.7 Å². The van der Waals surface area contributed by atoms with E-state index < -0.39 is 16.1 Å². The van der Waals surface area contributed by atoms with Gasteiger partial charge in [0.05, 0.1) is 4.90 Å². The maximum absolute atomic E-state index is 13.2. The Hall–Kier alpha value is -3.49. The Bertz CT molecular complexity index is 1240. The second-order valence-corrected chi connectivity index (χ2v) is 9.18. The molecule has 0 saturated carbocycles. The van der Waals surface area contributed by atoms with Gasteiger partial charge < -0.3 is 5.32 Å². The Labute approximate surface area is 186 Å². The van der Waals surface area contributed by atoms with E-state index in [1.807, 2.05) is 30.3 Å². The van der Waals surface area contributed by atoms with E-state index in [1.165, 1.54) is 12.1 Å². The van der Waals surface area contributed by atoms with Crippen LogP contribution in [-0.2, 0) is 27.7 Å². The summed E-state index contributed by atoms with van der Waals surface area (Å²) in [4.78, 5) is 27.9. The first-order chi connectivity index (χ1) is 15.3. The summed E-state index contributed by atoms with van der Waals surface area (Å²) in [6, 6.07) is 22.1. The number of benzene rings is 3. The van der Waals surface area contributed by atoms with Crippen molar-refractivity contribution in [2.45, 2.75) is 23.8 Å². The van der Waals surface area contributed by atoms with Gasteiger partial charge in [0.2, 0.25) is 15.9 Å². The van der Waals surface area contributed by atoms with Crippen LogP contribution in [0, 0.1) is 0 Å². The van der Waals surface area contributed by atoms with Gasteiger partial charge in [-0.3, -0.25) is 14.5 Å². The number of amides is 2. The molecule has 8 heteroatoms. The standard InChI is InChI=1S/C24H23N3O4S/c25-32(30,31)20-12-10-17(11-13-20)14-15-26-23(28)22-16-19-8-4-5-9-21(19)27(22)24(29)18-6-2-1-3-7-18/h1-13,22H,14-16H2,(H,26,28)(H2,25,30,31)/t22-/m0/s1. The third-order valence-electron chi connectivity index (χ3n) is 5.48. The van der Waals surface area contributed by atoms with E-state index in [0.29, 0.717) is 24.9 Å². The summed E-state index contributed by atoms with van der Waals surface area (Å²) < 4.78 is 22.7. The third kappa shape index (κ3) is 4.56. The molecule has 1 atom stereocenters. The molecule has 0 bridgehead atoms. The first kappa shape index (κ1) is 21.7. The lowest BCUT2D eigenvalue weighted by molar-refractivity contribution is -0.122. The summed E-state index contributed by atoms with van der Waals surface area (Å²) in [5, 5.41) is 8.03. The quantitative estimate of drug-likeness (QED) is 0.602. The van der Waals surface area contributed by atoms with Crippen molar-refractivity contribution in [3.8, 4) is 0 Å². The second kappa shape index (κ2) is 8.94. The summed E-state index contributed by atoms with van der Waals surface area (Å²) in [6.45, 7) is 0.355. The number of nitrogens with zero attached hydrogens (tertiary/aromatic N) is 1. The molecule has 3 aromatic carbocycles. The van der Waals surface area contributed by atoms with Crippen LogP contribution in [0.3, 0.4) is 0 Å². The van der Waals surface area contributed by atoms with Crippen molar-refractivity contribution in [1.29, 1.82) is 0 Å². The zero-order valence-corrected chi connectivity index (χ0v) is 18.1. The fourth-order valence-corrected chi connectivity index (χ4v) is 4.38. The fraction of sp³-hybridized carbons (Fsp3) is 0.167. The zero-order chi connectivity index (χ0) is 22.7. The van der Waals surface area contributed by atoms with Gasteiger partial charge in [0.15, 0.2) is 0 Å². The van der Waals surface area contributed by atoms with E-state index in [2.05, 4.69) is 5.32 Å². The molecule has 4 rings (SSSR count). The highest BCUT2D eigenvalue weighted by Gasteiger charge is 2.38. The van der Waals surface area contributed by atoms with Gasteiger partial charge in [-0.1, -0.05) is 48.5 Å². The summed E-state index contributed by atoms with van der Waals surface area (Å²) in [6.07, 6.45) is 0.965. The molecule has 3 aromatic rings. The Morgan fingerprint density at radius 2 is 1.59 bits per heavy atom. The zero-order valence-electron chi connectivity index (χ0n) is 17.3. The van der Waals surface area contributed by atoms with Gasteiger partial charge in [-0.05, 0) is 47.9 Å². The molecule has 0 aromatic heterocycles. The van der Waals surface area contributed by atoms with Crippen LogP contribution in [0.1, 0.15) is 21.5 Å². The molecular formula is C24H23N3O4S. The lowest BCUT2D eigenvalue weighted by atomic mass is 10.1. The number of carbonyl (C=O) groups is 2. The van der Waals surface area contributed by atoms with Gasteiger partial charge in [0.1, 0.15) is 6.04 Å². The van der Waals surface area contributed by atoms with Crippen molar-refractivity contribution >= 4 is 27.5 Å². The summed E-state index contributed by atoms with van der Waals surface area (Å²) in [7, 11) is -3.74. The predicted octanol–water partition coefficient (Wildman–Crippen LogP) is 2.26. The molecule has 2 amide bonds. The highest BCUT2D eigenvalue weighted by atomic mass is 32.2. The lowest BCUT2D eigenvalue weighted by Crippen LogP contribution is -2.48. The number of rotatable bonds is 6. The van der Waals surface area contributed by atoms with Gasteiger partial charge >= 0.3 is 0 Å². The molecule has 0 spiro atoms. The van der Waals surface area contributed by atoms with Gasteiger partial charge in [-0.2, -0.15) is 0 Å². The normalized spacial score (nSPS) is 15.3. The van der Waals surface area contributed by atoms with Crippen LogP contribution < -0.4 is 15.4 Å². The maximum atomic E-state index is 13.2. The molecule has 0 saturated heterocycles. The average molecular weight is 450 g/mol. The highest BCUT2D eigenvalue weighted by Crippen LogP contribution is 2.33. The Kier molecular flexibility index (Phi) is 6.07. The van der Waals surface area contributed by atoms with E-state index >= 15 is 0 Å². The number of hydrogen-bond donors (Lipinski definition) is 2. The van der Waals surface area contributed by atoms with Crippen LogP contribution >= 0.6 is 0 Å². The molecule has 0 unspecified atom stereocenters. The third-order valence-corrected chi connectivity index (χ3v) is 6.41. The van der Waals surface area contributed by atoms with Gasteiger partial charge in [0, 0.05) is 24.2 Å². The van der Waals surface area contributed by atoms with E-state index in [9.17, 15) is 18.0 Å². The van der Waals surface area contributed by atoms with Crippen LogP contribution in [0.4, 0.5) is 5.69 Å². The summed E-state index contributed by atoms with van der Waals surface area (Å²) >= 11 is 0. The second-order valence-electron chi connectivity index (χ2n) is 7.62. The largest absolute Gasteiger partial charge is 0.354 e. The van der Waals surface area contributed by atoms with Gasteiger partial charge in [0.25, 0.3) is 5.91 Å². The number of fused-ring (bicyclic) bond motifs is 1. The average Bonchev–Trinajstić information content (AvgIpc) is 3.18. The van der Waals surface area contributed by atoms with Crippen molar-refractivity contribution in [2.75, 3.05) is 11.4 Å². The number of anilines is 1. The number of sulfonamides is 1. The minimum Gasteiger partial charge on any atom is -0.354 e. The number of nitrogens with two attached hydrogens (primary N) is 1. The van der Waals surface area contributed by atoms with Crippen molar-refractivity contribution in [1.82, 2.24) is 5.32 Å². The maximum Gasteiger partial charge on any atom is 0.259 e. The van der Waals surface area contributed by atoms with Gasteiger partial charge in [-0.15, -0.1) is 0 Å². The number of primary sulfonamides is 1. The molecule has 164 valence electrons. The molecule has 0 aliphatic carbocycles. The number of carbonyl (C=O) groups excluding carboxylic acids is 2. The Morgan fingerprint density at radius 3 is 2.28 bits per heavy atom. The molecule has 0 radical (unpaired) electrons. The van der Waals surface area contributed by atoms with Crippen LogP contribution in [-0.4, -0.2) is 32.8 Å². The minimum absolute atomic E-state index is 0.0454. The number of nitrogens with one attached hydrogen (secondary N) is 1. The molecule has 0 fully saturated rings. The SMILES string of the molecule is NS(=O)(=O)c1ccc(CCNC(=O)[C@@H]2Cc3ccccc3N2C(=O)c2ccccc2)cc1. The highest BCUT2D eigenvalue weighted by molar-refractivity contribution is 7.89. The Morgan fingerprint density at radius 1 is 0.938 bits per heavy atom. The topological polar surface area (TPSA) is 110 Å². The van der Waals surface area contributed by atoms with Crippen molar-refractivity contribution in [3.05, 3.63) is 95.6 Å². The van der Waals surface area contributed by atoms with Crippen molar-refractivity contribution in [3.63, 3.8) is 0 Å². The minimum atomic E-state index is -3.74. The monoisotopic (exact) mass is 449 g/mol. The molecule has 1 aliphatic heterocycles. The van der Waals surface area contributed by atoms with Crippen molar-refractivity contribution in [2.24, 2.45) is 5.14 Å². The van der Waals surface area contributed by atoms with Crippen LogP contribution in [0.5, 0.6) is 0 Å². The molecule has 7 nitrogen and oxygen atoms in total. The fourth-order valence-electron chi connectivity index (χ4n) is 3.86. The number of hydrogen-bond acceptors (Lipinski definition) is 4. The lowest BCUT2D eigenvalue weighted by Gasteiger charge is -2.25. The number of para-hydroxylation sites is 1. The molecule has 3 N–H and O–H groups in total. The smallest absolute Gasteiger partial charge is 0.259 e. The summed E-state index contributed by atoms with van der Waals surface area (Å²) in [5.41, 5.74) is 3.09. The van der Waals surface area contributed by atoms with Gasteiger partial charge in [-0.25, -0.2) is 13.6 Å². The van der Waals surface area contributed by atoms with E-state index in [4.69, 9.17) is 5.14 Å². The Balaban J connectivity index is 1.46. The van der Waals surface area contributed by atoms with E-state index in [0.717, 1.165) is 16.8 Å². The molecule has 1 aliphatic rings. The predicted molar refractivity (Wildman–Crippen MR) is 122 cm³/mol. The van der Waals surface area contributed by atoms with Crippen LogP contribution in [0.15, 0.2) is 83.8 Å². The first-order valence-corrected chi connectivity index (χ1v) is 11.8. The van der Waals surface area contributed by atoms with Crippen LogP contribution in [0.25, 0.3) is 0 Å².